The summed E-state index contributed by atoms with van der Waals surface area (Å²) in [4.78, 5) is 14.4. The number of rotatable bonds is 8. The summed E-state index contributed by atoms with van der Waals surface area (Å²) in [6, 6.07) is 9.60. The zero-order chi connectivity index (χ0) is 18.2. The van der Waals surface area contributed by atoms with Crippen LogP contribution in [0.2, 0.25) is 0 Å². The Kier molecular flexibility index (Phi) is 7.33. The van der Waals surface area contributed by atoms with Crippen molar-refractivity contribution in [1.82, 2.24) is 20.4 Å². The van der Waals surface area contributed by atoms with E-state index in [9.17, 15) is 4.79 Å². The number of carbonyl (C=O) groups excluding carboxylic acids is 1. The Labute approximate surface area is 153 Å². The van der Waals surface area contributed by atoms with Gasteiger partial charge in [-0.05, 0) is 32.5 Å². The van der Waals surface area contributed by atoms with Crippen molar-refractivity contribution in [1.29, 1.82) is 0 Å². The van der Waals surface area contributed by atoms with Crippen molar-refractivity contribution < 1.29 is 4.79 Å². The molecular weight excluding hydrogens is 334 g/mol. The number of carbonyl (C=O) groups is 1. The third-order valence-electron chi connectivity index (χ3n) is 4.05. The molecule has 7 heteroatoms. The van der Waals surface area contributed by atoms with Crippen molar-refractivity contribution in [3.05, 3.63) is 40.9 Å². The number of urea groups is 1. The lowest BCUT2D eigenvalue weighted by molar-refractivity contribution is 0.244. The lowest BCUT2D eigenvalue weighted by Gasteiger charge is -2.22. The molecular formula is C18H27N5OS. The minimum absolute atomic E-state index is 0.0948. The van der Waals surface area contributed by atoms with E-state index in [1.165, 1.54) is 11.3 Å². The van der Waals surface area contributed by atoms with E-state index in [4.69, 9.17) is 0 Å². The van der Waals surface area contributed by atoms with E-state index in [0.29, 0.717) is 17.6 Å². The summed E-state index contributed by atoms with van der Waals surface area (Å²) in [5.41, 5.74) is 1.07. The van der Waals surface area contributed by atoms with Gasteiger partial charge in [-0.3, -0.25) is 5.32 Å². The quantitative estimate of drug-likeness (QED) is 0.749. The highest BCUT2D eigenvalue weighted by atomic mass is 32.1. The largest absolute Gasteiger partial charge is 0.330 e. The minimum Gasteiger partial charge on any atom is -0.330 e. The molecule has 2 rings (SSSR count). The van der Waals surface area contributed by atoms with Crippen LogP contribution in [0, 0.1) is 0 Å². The highest BCUT2D eigenvalue weighted by molar-refractivity contribution is 7.15. The monoisotopic (exact) mass is 361 g/mol. The van der Waals surface area contributed by atoms with Gasteiger partial charge in [0.1, 0.15) is 5.01 Å². The summed E-state index contributed by atoms with van der Waals surface area (Å²) in [6.07, 6.45) is 2.05. The molecule has 0 radical (unpaired) electrons. The average Bonchev–Trinajstić information content (AvgIpc) is 3.04. The minimum atomic E-state index is -0.261. The maximum Gasteiger partial charge on any atom is 0.321 e. The van der Waals surface area contributed by atoms with E-state index in [1.54, 1.807) is 0 Å². The molecule has 1 unspecified atom stereocenters. The molecule has 1 heterocycles. The number of nitrogens with one attached hydrogen (secondary N) is 2. The van der Waals surface area contributed by atoms with Gasteiger partial charge in [0.25, 0.3) is 0 Å². The van der Waals surface area contributed by atoms with Gasteiger partial charge in [-0.2, -0.15) is 0 Å². The van der Waals surface area contributed by atoms with Crippen LogP contribution in [0.4, 0.5) is 9.93 Å². The molecule has 0 saturated heterocycles. The molecule has 0 aliphatic rings. The first kappa shape index (κ1) is 19.3. The van der Waals surface area contributed by atoms with Gasteiger partial charge < -0.3 is 10.2 Å². The standard InChI is InChI=1S/C18H27N5OS/c1-5-13(6-2)16-21-22-18(25-16)20-17(24)19-15(12-23(3)4)14-10-8-7-9-11-14/h7-11,13,15H,5-6,12H2,1-4H3,(H2,19,20,22,24). The molecule has 0 aliphatic heterocycles. The number of anilines is 1. The van der Waals surface area contributed by atoms with Crippen molar-refractivity contribution in [2.75, 3.05) is 26.0 Å². The first-order chi connectivity index (χ1) is 12.0. The molecule has 0 aliphatic carbocycles. The lowest BCUT2D eigenvalue weighted by Crippen LogP contribution is -2.37. The molecule has 25 heavy (non-hydrogen) atoms. The van der Waals surface area contributed by atoms with E-state index in [1.807, 2.05) is 49.3 Å². The van der Waals surface area contributed by atoms with Gasteiger partial charge in [0.15, 0.2) is 0 Å². The van der Waals surface area contributed by atoms with Crippen LogP contribution in [0.3, 0.4) is 0 Å². The van der Waals surface area contributed by atoms with Crippen LogP contribution in [-0.2, 0) is 0 Å². The molecule has 1 aromatic heterocycles. The van der Waals surface area contributed by atoms with Crippen molar-refractivity contribution in [3.63, 3.8) is 0 Å². The van der Waals surface area contributed by atoms with Gasteiger partial charge in [-0.15, -0.1) is 10.2 Å². The normalized spacial score (nSPS) is 12.4. The smallest absolute Gasteiger partial charge is 0.321 e. The van der Waals surface area contributed by atoms with Crippen LogP contribution < -0.4 is 10.6 Å². The van der Waals surface area contributed by atoms with Crippen LogP contribution in [0.5, 0.6) is 0 Å². The van der Waals surface area contributed by atoms with Crippen LogP contribution in [0.15, 0.2) is 30.3 Å². The van der Waals surface area contributed by atoms with Crippen LogP contribution >= 0.6 is 11.3 Å². The van der Waals surface area contributed by atoms with Crippen LogP contribution in [0.1, 0.15) is 49.2 Å². The van der Waals surface area contributed by atoms with E-state index >= 15 is 0 Å². The van der Waals surface area contributed by atoms with Crippen molar-refractivity contribution in [3.8, 4) is 0 Å². The Morgan fingerprint density at radius 3 is 2.44 bits per heavy atom. The molecule has 0 saturated carbocycles. The second-order valence-electron chi connectivity index (χ2n) is 6.28. The number of nitrogens with zero attached hydrogens (tertiary/aromatic N) is 3. The molecule has 1 atom stereocenters. The fourth-order valence-electron chi connectivity index (χ4n) is 2.66. The molecule has 1 aromatic carbocycles. The predicted molar refractivity (Wildman–Crippen MR) is 103 cm³/mol. The Bertz CT molecular complexity index is 654. The van der Waals surface area contributed by atoms with E-state index in [-0.39, 0.29) is 12.1 Å². The summed E-state index contributed by atoms with van der Waals surface area (Å²) < 4.78 is 0. The molecule has 136 valence electrons. The Hall–Kier alpha value is -1.99. The fraction of sp³-hybridized carbons (Fsp3) is 0.500. The number of likely N-dealkylation sites (N-methyl/N-ethyl adjacent to an activating group) is 1. The first-order valence-corrected chi connectivity index (χ1v) is 9.45. The summed E-state index contributed by atoms with van der Waals surface area (Å²) in [7, 11) is 3.98. The second kappa shape index (κ2) is 9.48. The van der Waals surface area contributed by atoms with E-state index in [2.05, 4.69) is 34.7 Å². The highest BCUT2D eigenvalue weighted by Crippen LogP contribution is 2.28. The zero-order valence-electron chi connectivity index (χ0n) is 15.3. The van der Waals surface area contributed by atoms with Crippen molar-refractivity contribution in [2.45, 2.75) is 38.6 Å². The van der Waals surface area contributed by atoms with Gasteiger partial charge in [-0.25, -0.2) is 4.79 Å². The Morgan fingerprint density at radius 1 is 1.16 bits per heavy atom. The van der Waals surface area contributed by atoms with Gasteiger partial charge in [-0.1, -0.05) is 55.5 Å². The summed E-state index contributed by atoms with van der Waals surface area (Å²) in [5.74, 6) is 0.405. The Balaban J connectivity index is 2.01. The zero-order valence-corrected chi connectivity index (χ0v) is 16.1. The highest BCUT2D eigenvalue weighted by Gasteiger charge is 2.18. The lowest BCUT2D eigenvalue weighted by atomic mass is 10.1. The first-order valence-electron chi connectivity index (χ1n) is 8.64. The predicted octanol–water partition coefficient (Wildman–Crippen LogP) is 3.87. The van der Waals surface area contributed by atoms with Crippen molar-refractivity contribution >= 4 is 22.5 Å². The number of aromatic nitrogens is 2. The van der Waals surface area contributed by atoms with Gasteiger partial charge in [0, 0.05) is 12.5 Å². The summed E-state index contributed by atoms with van der Waals surface area (Å²) in [5, 5.41) is 15.7. The van der Waals surface area contributed by atoms with Gasteiger partial charge in [0.05, 0.1) is 6.04 Å². The van der Waals surface area contributed by atoms with Crippen LogP contribution in [0.25, 0.3) is 0 Å². The fourth-order valence-corrected chi connectivity index (χ4v) is 3.67. The molecule has 0 spiro atoms. The topological polar surface area (TPSA) is 70.1 Å². The summed E-state index contributed by atoms with van der Waals surface area (Å²) >= 11 is 1.45. The van der Waals surface area contributed by atoms with Gasteiger partial charge >= 0.3 is 6.03 Å². The SMILES string of the molecule is CCC(CC)c1nnc(NC(=O)NC(CN(C)C)c2ccccc2)s1. The molecule has 6 nitrogen and oxygen atoms in total. The number of benzene rings is 1. The third kappa shape index (κ3) is 5.79. The molecule has 0 bridgehead atoms. The second-order valence-corrected chi connectivity index (χ2v) is 7.29. The molecule has 2 aromatic rings. The number of hydrogen-bond acceptors (Lipinski definition) is 5. The van der Waals surface area contributed by atoms with Crippen molar-refractivity contribution in [2.24, 2.45) is 0 Å². The van der Waals surface area contributed by atoms with Crippen LogP contribution in [-0.4, -0.2) is 41.8 Å². The number of hydrogen-bond donors (Lipinski definition) is 2. The summed E-state index contributed by atoms with van der Waals surface area (Å²) in [6.45, 7) is 4.99. The average molecular weight is 362 g/mol. The van der Waals surface area contributed by atoms with E-state index in [0.717, 1.165) is 23.4 Å². The molecule has 0 fully saturated rings. The maximum absolute atomic E-state index is 12.4. The third-order valence-corrected chi connectivity index (χ3v) is 5.05. The number of amides is 2. The molecule has 2 amide bonds. The van der Waals surface area contributed by atoms with Gasteiger partial charge in [0.2, 0.25) is 5.13 Å². The maximum atomic E-state index is 12.4. The Morgan fingerprint density at radius 2 is 1.84 bits per heavy atom. The van der Waals surface area contributed by atoms with E-state index < -0.39 is 0 Å². The molecule has 2 N–H and O–H groups in total.